The molecule has 0 aliphatic carbocycles. The van der Waals surface area contributed by atoms with Crippen molar-refractivity contribution in [1.82, 2.24) is 5.32 Å². The fourth-order valence-electron chi connectivity index (χ4n) is 1.97. The van der Waals surface area contributed by atoms with E-state index in [4.69, 9.17) is 4.74 Å². The molecular weight excluding hydrogens is 294 g/mol. The summed E-state index contributed by atoms with van der Waals surface area (Å²) in [5.41, 5.74) is 3.06. The van der Waals surface area contributed by atoms with Crippen molar-refractivity contribution in [2.45, 2.75) is 26.6 Å². The summed E-state index contributed by atoms with van der Waals surface area (Å²) in [4.78, 5) is 12.0. The second-order valence-corrected chi connectivity index (χ2v) is 5.56. The standard InChI is InChI=1S/C14H18BrNO2/c1-10(4-5-15)7-16-14(17)11-2-3-12-8-18-9-13(12)6-11/h2-3,6,10H,4-5,7-9H2,1H3,(H,16,17). The molecule has 0 bridgehead atoms. The first-order valence-corrected chi connectivity index (χ1v) is 7.36. The first kappa shape index (κ1) is 13.6. The lowest BCUT2D eigenvalue weighted by Crippen LogP contribution is -2.28. The predicted molar refractivity (Wildman–Crippen MR) is 74.8 cm³/mol. The molecule has 0 fully saturated rings. The van der Waals surface area contributed by atoms with E-state index in [2.05, 4.69) is 28.2 Å². The lowest BCUT2D eigenvalue weighted by molar-refractivity contribution is 0.0947. The van der Waals surface area contributed by atoms with Gasteiger partial charge in [-0.1, -0.05) is 28.9 Å². The van der Waals surface area contributed by atoms with Gasteiger partial charge in [0.25, 0.3) is 5.91 Å². The molecule has 1 aliphatic rings. The van der Waals surface area contributed by atoms with Crippen molar-refractivity contribution in [3.05, 3.63) is 34.9 Å². The Morgan fingerprint density at radius 3 is 3.00 bits per heavy atom. The zero-order valence-electron chi connectivity index (χ0n) is 10.5. The molecule has 0 spiro atoms. The topological polar surface area (TPSA) is 38.3 Å². The summed E-state index contributed by atoms with van der Waals surface area (Å²) in [6, 6.07) is 5.80. The van der Waals surface area contributed by atoms with Crippen LogP contribution in [0.5, 0.6) is 0 Å². The van der Waals surface area contributed by atoms with Crippen molar-refractivity contribution in [2.24, 2.45) is 5.92 Å². The minimum absolute atomic E-state index is 0.00567. The highest BCUT2D eigenvalue weighted by atomic mass is 79.9. The van der Waals surface area contributed by atoms with Crippen molar-refractivity contribution in [1.29, 1.82) is 0 Å². The minimum Gasteiger partial charge on any atom is -0.372 e. The largest absolute Gasteiger partial charge is 0.372 e. The lowest BCUT2D eigenvalue weighted by atomic mass is 10.1. The third-order valence-corrected chi connectivity index (χ3v) is 3.65. The van der Waals surface area contributed by atoms with Gasteiger partial charge in [0.15, 0.2) is 0 Å². The summed E-state index contributed by atoms with van der Waals surface area (Å²) in [6.07, 6.45) is 1.07. The highest BCUT2D eigenvalue weighted by Crippen LogP contribution is 2.20. The van der Waals surface area contributed by atoms with Gasteiger partial charge in [-0.3, -0.25) is 4.79 Å². The van der Waals surface area contributed by atoms with Gasteiger partial charge in [0.05, 0.1) is 13.2 Å². The van der Waals surface area contributed by atoms with Crippen LogP contribution in [0, 0.1) is 5.92 Å². The van der Waals surface area contributed by atoms with Gasteiger partial charge in [-0.2, -0.15) is 0 Å². The Morgan fingerprint density at radius 1 is 1.44 bits per heavy atom. The van der Waals surface area contributed by atoms with E-state index >= 15 is 0 Å². The van der Waals surface area contributed by atoms with Gasteiger partial charge in [0, 0.05) is 17.4 Å². The number of carbonyl (C=O) groups is 1. The molecule has 0 radical (unpaired) electrons. The fourth-order valence-corrected chi connectivity index (χ4v) is 2.75. The van der Waals surface area contributed by atoms with E-state index in [0.29, 0.717) is 19.1 Å². The molecule has 0 aromatic heterocycles. The molecule has 0 saturated carbocycles. The van der Waals surface area contributed by atoms with Crippen LogP contribution in [0.1, 0.15) is 34.8 Å². The van der Waals surface area contributed by atoms with E-state index in [1.807, 2.05) is 18.2 Å². The lowest BCUT2D eigenvalue weighted by Gasteiger charge is -2.11. The average molecular weight is 312 g/mol. The van der Waals surface area contributed by atoms with Crippen LogP contribution in [0.4, 0.5) is 0 Å². The number of benzene rings is 1. The van der Waals surface area contributed by atoms with Crippen molar-refractivity contribution < 1.29 is 9.53 Å². The van der Waals surface area contributed by atoms with E-state index < -0.39 is 0 Å². The number of rotatable bonds is 5. The number of halogens is 1. The Morgan fingerprint density at radius 2 is 2.22 bits per heavy atom. The fraction of sp³-hybridized carbons (Fsp3) is 0.500. The average Bonchev–Trinajstić information content (AvgIpc) is 2.83. The first-order chi connectivity index (χ1) is 8.70. The molecule has 1 aliphatic heterocycles. The Labute approximate surface area is 116 Å². The highest BCUT2D eigenvalue weighted by molar-refractivity contribution is 9.09. The van der Waals surface area contributed by atoms with Crippen molar-refractivity contribution in [3.8, 4) is 0 Å². The molecule has 4 heteroatoms. The minimum atomic E-state index is 0.00567. The molecule has 1 atom stereocenters. The molecule has 2 rings (SSSR count). The van der Waals surface area contributed by atoms with Crippen molar-refractivity contribution in [3.63, 3.8) is 0 Å². The summed E-state index contributed by atoms with van der Waals surface area (Å²) in [7, 11) is 0. The molecule has 98 valence electrons. The van der Waals surface area contributed by atoms with Gasteiger partial charge in [0.2, 0.25) is 0 Å². The summed E-state index contributed by atoms with van der Waals surface area (Å²) in [5, 5.41) is 3.95. The van der Waals surface area contributed by atoms with Crippen LogP contribution in [0.2, 0.25) is 0 Å². The summed E-state index contributed by atoms with van der Waals surface area (Å²) < 4.78 is 5.34. The molecular formula is C14H18BrNO2. The maximum absolute atomic E-state index is 12.0. The molecule has 1 heterocycles. The predicted octanol–water partition coefficient (Wildman–Crippen LogP) is 2.87. The van der Waals surface area contributed by atoms with E-state index in [9.17, 15) is 4.79 Å². The van der Waals surface area contributed by atoms with Gasteiger partial charge >= 0.3 is 0 Å². The van der Waals surface area contributed by atoms with Crippen LogP contribution in [0.25, 0.3) is 0 Å². The molecule has 1 unspecified atom stereocenters. The quantitative estimate of drug-likeness (QED) is 0.849. The first-order valence-electron chi connectivity index (χ1n) is 6.24. The summed E-state index contributed by atoms with van der Waals surface area (Å²) in [6.45, 7) is 4.14. The van der Waals surface area contributed by atoms with Crippen LogP contribution >= 0.6 is 15.9 Å². The zero-order chi connectivity index (χ0) is 13.0. The molecule has 1 aromatic rings. The van der Waals surface area contributed by atoms with Crippen molar-refractivity contribution in [2.75, 3.05) is 11.9 Å². The van der Waals surface area contributed by atoms with Crippen molar-refractivity contribution >= 4 is 21.8 Å². The van der Waals surface area contributed by atoms with Crippen LogP contribution in [-0.2, 0) is 18.0 Å². The zero-order valence-corrected chi connectivity index (χ0v) is 12.1. The number of amides is 1. The number of fused-ring (bicyclic) bond motifs is 1. The molecule has 1 amide bonds. The molecule has 1 N–H and O–H groups in total. The van der Waals surface area contributed by atoms with E-state index in [0.717, 1.165) is 29.4 Å². The van der Waals surface area contributed by atoms with Gasteiger partial charge in [0.1, 0.15) is 0 Å². The maximum Gasteiger partial charge on any atom is 0.251 e. The smallest absolute Gasteiger partial charge is 0.251 e. The van der Waals surface area contributed by atoms with Gasteiger partial charge in [-0.15, -0.1) is 0 Å². The Balaban J connectivity index is 1.93. The number of hydrogen-bond donors (Lipinski definition) is 1. The van der Waals surface area contributed by atoms with Gasteiger partial charge in [-0.05, 0) is 35.6 Å². The van der Waals surface area contributed by atoms with E-state index in [1.165, 1.54) is 5.56 Å². The van der Waals surface area contributed by atoms with Crippen LogP contribution in [0.15, 0.2) is 18.2 Å². The number of nitrogens with one attached hydrogen (secondary N) is 1. The van der Waals surface area contributed by atoms with Gasteiger partial charge in [-0.25, -0.2) is 0 Å². The molecule has 3 nitrogen and oxygen atoms in total. The van der Waals surface area contributed by atoms with Gasteiger partial charge < -0.3 is 10.1 Å². The van der Waals surface area contributed by atoms with Crippen LogP contribution < -0.4 is 5.32 Å². The second-order valence-electron chi connectivity index (χ2n) is 4.77. The number of hydrogen-bond acceptors (Lipinski definition) is 2. The Hall–Kier alpha value is -0.870. The van der Waals surface area contributed by atoms with E-state index in [-0.39, 0.29) is 5.91 Å². The highest BCUT2D eigenvalue weighted by Gasteiger charge is 2.14. The van der Waals surface area contributed by atoms with Crippen LogP contribution in [0.3, 0.4) is 0 Å². The second kappa shape index (κ2) is 6.34. The number of carbonyl (C=O) groups excluding carboxylic acids is 1. The van der Waals surface area contributed by atoms with Crippen LogP contribution in [-0.4, -0.2) is 17.8 Å². The monoisotopic (exact) mass is 311 g/mol. The molecule has 0 saturated heterocycles. The molecule has 18 heavy (non-hydrogen) atoms. The summed E-state index contributed by atoms with van der Waals surface area (Å²) >= 11 is 3.41. The van der Waals surface area contributed by atoms with E-state index in [1.54, 1.807) is 0 Å². The third kappa shape index (κ3) is 3.33. The Bertz CT molecular complexity index is 434. The summed E-state index contributed by atoms with van der Waals surface area (Å²) in [5.74, 6) is 0.497. The normalized spacial score (nSPS) is 15.2. The Kier molecular flexibility index (Phi) is 4.78. The SMILES string of the molecule is CC(CCBr)CNC(=O)c1ccc2c(c1)COC2. The third-order valence-electron chi connectivity index (χ3n) is 3.20. The number of ether oxygens (including phenoxy) is 1. The maximum atomic E-state index is 12.0. The number of alkyl halides is 1. The molecule has 1 aromatic carbocycles.